The fourth-order valence-corrected chi connectivity index (χ4v) is 1.98. The topological polar surface area (TPSA) is 12.9 Å². The van der Waals surface area contributed by atoms with Crippen LogP contribution in [-0.2, 0) is 5.31 Å². The number of hydrogen-bond donors (Lipinski definition) is 0. The summed E-state index contributed by atoms with van der Waals surface area (Å²) >= 11 is 0. The highest BCUT2D eigenvalue weighted by Crippen LogP contribution is 2.36. The van der Waals surface area contributed by atoms with Gasteiger partial charge in [0.2, 0.25) is 5.82 Å². The van der Waals surface area contributed by atoms with Crippen LogP contribution in [0.2, 0.25) is 0 Å². The number of hydrogen-bond acceptors (Lipinski definition) is 1. The van der Waals surface area contributed by atoms with Gasteiger partial charge >= 0.3 is 0 Å². The van der Waals surface area contributed by atoms with Crippen LogP contribution in [0.3, 0.4) is 0 Å². The van der Waals surface area contributed by atoms with Crippen molar-refractivity contribution < 1.29 is 26.3 Å². The van der Waals surface area contributed by atoms with E-state index in [0.29, 0.717) is 0 Å². The van der Waals surface area contributed by atoms with Gasteiger partial charge in [0, 0.05) is 5.56 Å². The van der Waals surface area contributed by atoms with Gasteiger partial charge in [-0.15, -0.1) is 0 Å². The van der Waals surface area contributed by atoms with E-state index >= 15 is 0 Å². The van der Waals surface area contributed by atoms with Crippen molar-refractivity contribution in [2.45, 2.75) is 25.6 Å². The summed E-state index contributed by atoms with van der Waals surface area (Å²) in [4.78, 5) is 2.83. The van der Waals surface area contributed by atoms with Crippen LogP contribution in [-0.4, -0.2) is 12.8 Å². The summed E-state index contributed by atoms with van der Waals surface area (Å²) in [5.41, 5.74) is -2.04. The molecule has 21 heavy (non-hydrogen) atoms. The molecule has 1 unspecified atom stereocenters. The zero-order valence-corrected chi connectivity index (χ0v) is 11.0. The van der Waals surface area contributed by atoms with Gasteiger partial charge in [0.15, 0.2) is 23.3 Å². The average molecular weight is 303 g/mol. The molecule has 110 valence electrons. The van der Waals surface area contributed by atoms with Gasteiger partial charge in [-0.25, -0.2) is 22.5 Å². The molecule has 0 saturated heterocycles. The molecule has 1 nitrogen and oxygen atoms in total. The summed E-state index contributed by atoms with van der Waals surface area (Å²) in [6.45, 7) is 2.70. The normalized spacial score (nSPS) is 14.5. The van der Waals surface area contributed by atoms with E-state index in [1.165, 1.54) is 13.8 Å². The molecule has 2 radical (unpaired) electrons. The maximum atomic E-state index is 14.3. The van der Waals surface area contributed by atoms with Gasteiger partial charge in [0.25, 0.3) is 5.95 Å². The molecule has 0 amide bonds. The smallest absolute Gasteiger partial charge is 0.214 e. The lowest BCUT2D eigenvalue weighted by molar-refractivity contribution is 0.422. The second kappa shape index (κ2) is 4.93. The summed E-state index contributed by atoms with van der Waals surface area (Å²) in [6, 6.07) is 0. The molecule has 0 aliphatic heterocycles. The van der Waals surface area contributed by atoms with Crippen molar-refractivity contribution >= 4 is 18.7 Å². The van der Waals surface area contributed by atoms with E-state index in [-0.39, 0.29) is 6.42 Å². The Morgan fingerprint density at radius 1 is 0.905 bits per heavy atom. The third kappa shape index (κ3) is 2.17. The van der Waals surface area contributed by atoms with Crippen molar-refractivity contribution in [2.24, 2.45) is 0 Å². The largest absolute Gasteiger partial charge is 0.252 e. The number of aromatic nitrogens is 1. The zero-order chi connectivity index (χ0) is 16.1. The summed E-state index contributed by atoms with van der Waals surface area (Å²) in [7, 11) is 5.67. The fourth-order valence-electron chi connectivity index (χ4n) is 1.98. The van der Waals surface area contributed by atoms with Crippen LogP contribution in [0.25, 0.3) is 10.9 Å². The summed E-state index contributed by atoms with van der Waals surface area (Å²) in [5.74, 6) is -11.2. The van der Waals surface area contributed by atoms with Gasteiger partial charge in [-0.05, 0) is 5.31 Å². The summed E-state index contributed by atoms with van der Waals surface area (Å²) in [6.07, 6.45) is 0.0119. The Kier molecular flexibility index (Phi) is 3.67. The maximum Gasteiger partial charge on any atom is 0.252 e. The molecule has 1 atom stereocenters. The highest BCUT2D eigenvalue weighted by molar-refractivity contribution is 6.15. The molecule has 0 fully saturated rings. The molecule has 0 saturated carbocycles. The van der Waals surface area contributed by atoms with Crippen molar-refractivity contribution in [1.29, 1.82) is 0 Å². The van der Waals surface area contributed by atoms with Gasteiger partial charge in [-0.3, -0.25) is 0 Å². The molecule has 0 N–H and O–H groups in total. The van der Waals surface area contributed by atoms with Crippen LogP contribution in [0.4, 0.5) is 26.3 Å². The Morgan fingerprint density at radius 3 is 1.95 bits per heavy atom. The minimum absolute atomic E-state index is 0.0119. The lowest BCUT2D eigenvalue weighted by Crippen LogP contribution is -2.25. The minimum atomic E-state index is -2.11. The van der Waals surface area contributed by atoms with E-state index in [9.17, 15) is 26.3 Å². The minimum Gasteiger partial charge on any atom is -0.214 e. The highest BCUT2D eigenvalue weighted by atomic mass is 19.2. The second-order valence-electron chi connectivity index (χ2n) is 4.84. The number of halogens is 6. The number of fused-ring (bicyclic) bond motifs is 1. The van der Waals surface area contributed by atoms with E-state index in [2.05, 4.69) is 4.98 Å². The van der Waals surface area contributed by atoms with Gasteiger partial charge in [-0.2, -0.15) is 8.78 Å². The van der Waals surface area contributed by atoms with Crippen LogP contribution >= 0.6 is 0 Å². The third-order valence-electron chi connectivity index (χ3n) is 3.40. The van der Waals surface area contributed by atoms with Gasteiger partial charge < -0.3 is 0 Å². The maximum absolute atomic E-state index is 14.3. The predicted molar refractivity (Wildman–Crippen MR) is 64.9 cm³/mol. The molecule has 0 aliphatic rings. The highest BCUT2D eigenvalue weighted by Gasteiger charge is 2.33. The number of benzene rings is 1. The Bertz CT molecular complexity index is 744. The Balaban J connectivity index is 3.05. The molecular weight excluding hydrogens is 295 g/mol. The summed E-state index contributed by atoms with van der Waals surface area (Å²) < 4.78 is 81.9. The van der Waals surface area contributed by atoms with Crippen LogP contribution in [0, 0.1) is 35.0 Å². The predicted octanol–water partition coefficient (Wildman–Crippen LogP) is 3.86. The molecule has 1 aromatic heterocycles. The molecule has 0 bridgehead atoms. The van der Waals surface area contributed by atoms with Crippen LogP contribution < -0.4 is 0 Å². The fraction of sp³-hybridized carbons (Fsp3) is 0.308. The van der Waals surface area contributed by atoms with Crippen molar-refractivity contribution in [1.82, 2.24) is 4.98 Å². The standard InChI is InChI=1S/C13H8BF6N/c1-3-13(2,14)5-8(17)6(15)4-7(16)10(19)12(20)21-11(4)9(5)18/h3H2,1-2H3. The van der Waals surface area contributed by atoms with Gasteiger partial charge in [0.1, 0.15) is 5.52 Å². The Morgan fingerprint density at radius 2 is 1.43 bits per heavy atom. The first-order valence-corrected chi connectivity index (χ1v) is 5.93. The number of pyridine rings is 1. The van der Waals surface area contributed by atoms with Crippen LogP contribution in [0.5, 0.6) is 0 Å². The molecular formula is C13H8BF6N. The first-order chi connectivity index (χ1) is 9.63. The van der Waals surface area contributed by atoms with Crippen molar-refractivity contribution in [3.63, 3.8) is 0 Å². The number of nitrogens with zero attached hydrogens (tertiary/aromatic N) is 1. The number of rotatable bonds is 2. The van der Waals surface area contributed by atoms with E-state index in [4.69, 9.17) is 7.85 Å². The SMILES string of the molecule is [B]C(C)(CC)c1c(F)c(F)c2c(F)c(F)c(F)nc2c1F. The third-order valence-corrected chi connectivity index (χ3v) is 3.40. The lowest BCUT2D eigenvalue weighted by Gasteiger charge is -2.25. The van der Waals surface area contributed by atoms with Crippen molar-refractivity contribution in [3.05, 3.63) is 40.6 Å². The van der Waals surface area contributed by atoms with E-state index in [0.717, 1.165) is 0 Å². The second-order valence-corrected chi connectivity index (χ2v) is 4.84. The van der Waals surface area contributed by atoms with E-state index in [1.807, 2.05) is 0 Å². The summed E-state index contributed by atoms with van der Waals surface area (Å²) in [5, 5.41) is -3.02. The average Bonchev–Trinajstić information content (AvgIpc) is 2.42. The Hall–Kier alpha value is -1.73. The molecule has 1 heterocycles. The monoisotopic (exact) mass is 303 g/mol. The first kappa shape index (κ1) is 15.7. The van der Waals surface area contributed by atoms with Crippen molar-refractivity contribution in [2.75, 3.05) is 0 Å². The lowest BCUT2D eigenvalue weighted by atomic mass is 9.63. The van der Waals surface area contributed by atoms with Crippen LogP contribution in [0.15, 0.2) is 0 Å². The molecule has 0 spiro atoms. The zero-order valence-electron chi connectivity index (χ0n) is 11.0. The first-order valence-electron chi connectivity index (χ1n) is 5.93. The van der Waals surface area contributed by atoms with Gasteiger partial charge in [-0.1, -0.05) is 20.3 Å². The molecule has 8 heteroatoms. The Labute approximate surface area is 117 Å². The molecule has 2 aromatic rings. The van der Waals surface area contributed by atoms with E-state index < -0.39 is 56.8 Å². The quantitative estimate of drug-likeness (QED) is 0.355. The van der Waals surface area contributed by atoms with Crippen LogP contribution in [0.1, 0.15) is 25.8 Å². The molecule has 2 rings (SSSR count). The van der Waals surface area contributed by atoms with E-state index in [1.54, 1.807) is 0 Å². The molecule has 1 aromatic carbocycles. The van der Waals surface area contributed by atoms with Gasteiger partial charge in [0.05, 0.1) is 13.2 Å². The molecule has 0 aliphatic carbocycles. The van der Waals surface area contributed by atoms with Crippen molar-refractivity contribution in [3.8, 4) is 0 Å².